The zero-order chi connectivity index (χ0) is 21.1. The number of thioether (sulfide) groups is 1. The third-order valence-electron chi connectivity index (χ3n) is 4.50. The number of carbonyl (C=O) groups excluding carboxylic acids is 1. The van der Waals surface area contributed by atoms with Gasteiger partial charge in [0.2, 0.25) is 0 Å². The number of methoxy groups -OCH3 is 1. The predicted molar refractivity (Wildman–Crippen MR) is 119 cm³/mol. The van der Waals surface area contributed by atoms with Crippen LogP contribution < -0.4 is 11.5 Å². The van der Waals surface area contributed by atoms with Crippen molar-refractivity contribution in [3.8, 4) is 11.1 Å². The summed E-state index contributed by atoms with van der Waals surface area (Å²) in [7, 11) is 1.37. The second kappa shape index (κ2) is 8.38. The van der Waals surface area contributed by atoms with E-state index in [4.69, 9.17) is 21.2 Å². The molecule has 2 aromatic carbocycles. The Kier molecular flexibility index (Phi) is 5.49. The Morgan fingerprint density at radius 2 is 1.63 bits per heavy atom. The SMILES string of the molecule is COC(=O)c1c(CSc2nc(N)cc(N)n2)nc2ccccc2c1-c1ccccc1. The molecule has 0 bridgehead atoms. The van der Waals surface area contributed by atoms with Crippen LogP contribution in [0.25, 0.3) is 22.0 Å². The van der Waals surface area contributed by atoms with Gasteiger partial charge >= 0.3 is 5.97 Å². The minimum absolute atomic E-state index is 0.287. The van der Waals surface area contributed by atoms with Gasteiger partial charge in [0.05, 0.1) is 23.9 Å². The Morgan fingerprint density at radius 3 is 2.33 bits per heavy atom. The minimum atomic E-state index is -0.448. The first-order valence-corrected chi connectivity index (χ1v) is 10.1. The van der Waals surface area contributed by atoms with E-state index in [-0.39, 0.29) is 11.6 Å². The molecule has 2 heterocycles. The fraction of sp³-hybridized carbons (Fsp3) is 0.0909. The second-order valence-electron chi connectivity index (χ2n) is 6.47. The van der Waals surface area contributed by atoms with E-state index >= 15 is 0 Å². The molecule has 2 aromatic heterocycles. The van der Waals surface area contributed by atoms with Crippen LogP contribution in [0.4, 0.5) is 11.6 Å². The molecule has 0 aliphatic rings. The molecule has 7 nitrogen and oxygen atoms in total. The summed E-state index contributed by atoms with van der Waals surface area (Å²) in [5, 5.41) is 1.29. The third-order valence-corrected chi connectivity index (χ3v) is 5.36. The van der Waals surface area contributed by atoms with Crippen LogP contribution in [0.15, 0.2) is 65.8 Å². The van der Waals surface area contributed by atoms with E-state index in [1.54, 1.807) is 0 Å². The summed E-state index contributed by atoms with van der Waals surface area (Å²) in [6.07, 6.45) is 0. The highest BCUT2D eigenvalue weighted by molar-refractivity contribution is 7.98. The summed E-state index contributed by atoms with van der Waals surface area (Å²) < 4.78 is 5.12. The lowest BCUT2D eigenvalue weighted by molar-refractivity contribution is 0.0600. The number of anilines is 2. The average Bonchev–Trinajstić information content (AvgIpc) is 2.76. The number of ether oxygens (including phenoxy) is 1. The minimum Gasteiger partial charge on any atom is -0.465 e. The van der Waals surface area contributed by atoms with Crippen molar-refractivity contribution in [2.24, 2.45) is 0 Å². The zero-order valence-corrected chi connectivity index (χ0v) is 17.0. The van der Waals surface area contributed by atoms with Crippen LogP contribution in [0.3, 0.4) is 0 Å². The zero-order valence-electron chi connectivity index (χ0n) is 16.2. The number of pyridine rings is 1. The predicted octanol–water partition coefficient (Wildman–Crippen LogP) is 3.94. The Labute approximate surface area is 177 Å². The Bertz CT molecular complexity index is 1210. The lowest BCUT2D eigenvalue weighted by Crippen LogP contribution is -2.10. The molecule has 0 atom stereocenters. The van der Waals surface area contributed by atoms with Gasteiger partial charge in [-0.05, 0) is 11.6 Å². The topological polar surface area (TPSA) is 117 Å². The maximum atomic E-state index is 12.8. The number of hydrogen-bond donors (Lipinski definition) is 2. The van der Waals surface area contributed by atoms with Crippen LogP contribution in [0.5, 0.6) is 0 Å². The lowest BCUT2D eigenvalue weighted by atomic mass is 9.94. The van der Waals surface area contributed by atoms with E-state index in [1.165, 1.54) is 24.9 Å². The average molecular weight is 417 g/mol. The van der Waals surface area contributed by atoms with Crippen molar-refractivity contribution >= 4 is 40.3 Å². The smallest absolute Gasteiger partial charge is 0.340 e. The van der Waals surface area contributed by atoms with Gasteiger partial charge in [0.15, 0.2) is 5.16 Å². The molecule has 0 amide bonds. The molecule has 150 valence electrons. The molecule has 4 N–H and O–H groups in total. The van der Waals surface area contributed by atoms with Gasteiger partial charge in [0.1, 0.15) is 11.6 Å². The van der Waals surface area contributed by atoms with Crippen LogP contribution in [0, 0.1) is 0 Å². The van der Waals surface area contributed by atoms with Crippen molar-refractivity contribution in [3.05, 3.63) is 71.9 Å². The molecule has 0 saturated carbocycles. The molecule has 0 aliphatic carbocycles. The lowest BCUT2D eigenvalue weighted by Gasteiger charge is -2.16. The summed E-state index contributed by atoms with van der Waals surface area (Å²) in [6, 6.07) is 18.9. The number of nitrogen functional groups attached to an aromatic ring is 2. The quantitative estimate of drug-likeness (QED) is 0.285. The van der Waals surface area contributed by atoms with E-state index in [1.807, 2.05) is 54.6 Å². The highest BCUT2D eigenvalue weighted by atomic mass is 32.2. The van der Waals surface area contributed by atoms with Crippen molar-refractivity contribution in [1.29, 1.82) is 0 Å². The first-order valence-electron chi connectivity index (χ1n) is 9.15. The number of nitrogens with two attached hydrogens (primary N) is 2. The normalized spacial score (nSPS) is 10.8. The fourth-order valence-electron chi connectivity index (χ4n) is 3.25. The molecule has 0 spiro atoms. The molecular formula is C22H19N5O2S. The summed E-state index contributed by atoms with van der Waals surface area (Å²) in [5.41, 5.74) is 15.0. The maximum Gasteiger partial charge on any atom is 0.340 e. The first kappa shape index (κ1) is 19.7. The number of nitrogens with zero attached hydrogens (tertiary/aromatic N) is 3. The second-order valence-corrected chi connectivity index (χ2v) is 7.41. The highest BCUT2D eigenvalue weighted by Crippen LogP contribution is 2.35. The largest absolute Gasteiger partial charge is 0.465 e. The number of aromatic nitrogens is 3. The van der Waals surface area contributed by atoms with Crippen molar-refractivity contribution in [2.75, 3.05) is 18.6 Å². The van der Waals surface area contributed by atoms with Crippen LogP contribution in [0.1, 0.15) is 16.1 Å². The Balaban J connectivity index is 1.89. The van der Waals surface area contributed by atoms with Gasteiger partial charge in [-0.25, -0.2) is 14.8 Å². The van der Waals surface area contributed by atoms with E-state index in [2.05, 4.69) is 9.97 Å². The van der Waals surface area contributed by atoms with Gasteiger partial charge in [-0.15, -0.1) is 0 Å². The molecule has 8 heteroatoms. The van der Waals surface area contributed by atoms with Crippen molar-refractivity contribution in [3.63, 3.8) is 0 Å². The number of esters is 1. The van der Waals surface area contributed by atoms with Gasteiger partial charge < -0.3 is 16.2 Å². The Hall–Kier alpha value is -3.65. The van der Waals surface area contributed by atoms with Crippen LogP contribution in [-0.2, 0) is 10.5 Å². The van der Waals surface area contributed by atoms with Crippen LogP contribution >= 0.6 is 11.8 Å². The van der Waals surface area contributed by atoms with Gasteiger partial charge in [-0.3, -0.25) is 4.98 Å². The molecule has 4 aromatic rings. The van der Waals surface area contributed by atoms with Gasteiger partial charge in [-0.2, -0.15) is 0 Å². The number of fused-ring (bicyclic) bond motifs is 1. The summed E-state index contributed by atoms with van der Waals surface area (Å²) in [6.45, 7) is 0. The third kappa shape index (κ3) is 3.90. The number of rotatable bonds is 5. The van der Waals surface area contributed by atoms with E-state index in [0.717, 1.165) is 22.0 Å². The molecule has 0 saturated heterocycles. The van der Waals surface area contributed by atoms with Crippen molar-refractivity contribution < 1.29 is 9.53 Å². The van der Waals surface area contributed by atoms with Gasteiger partial charge in [0, 0.05) is 22.8 Å². The maximum absolute atomic E-state index is 12.8. The molecule has 0 aliphatic heterocycles. The van der Waals surface area contributed by atoms with E-state index in [9.17, 15) is 4.79 Å². The van der Waals surface area contributed by atoms with Crippen LogP contribution in [0.2, 0.25) is 0 Å². The van der Waals surface area contributed by atoms with Gasteiger partial charge in [0.25, 0.3) is 0 Å². The van der Waals surface area contributed by atoms with E-state index in [0.29, 0.717) is 22.2 Å². The number of carbonyl (C=O) groups is 1. The van der Waals surface area contributed by atoms with Crippen molar-refractivity contribution in [1.82, 2.24) is 15.0 Å². The molecule has 0 radical (unpaired) electrons. The molecule has 30 heavy (non-hydrogen) atoms. The summed E-state index contributed by atoms with van der Waals surface area (Å²) in [4.78, 5) is 26.0. The highest BCUT2D eigenvalue weighted by Gasteiger charge is 2.23. The van der Waals surface area contributed by atoms with E-state index < -0.39 is 5.97 Å². The van der Waals surface area contributed by atoms with Crippen LogP contribution in [-0.4, -0.2) is 28.0 Å². The molecular weight excluding hydrogens is 398 g/mol. The molecule has 0 fully saturated rings. The number of para-hydroxylation sites is 1. The number of benzene rings is 2. The van der Waals surface area contributed by atoms with Crippen molar-refractivity contribution in [2.45, 2.75) is 10.9 Å². The van der Waals surface area contributed by atoms with Gasteiger partial charge in [-0.1, -0.05) is 60.3 Å². The standard InChI is InChI=1S/C22H19N5O2S/c1-29-21(28)20-16(12-30-22-26-17(23)11-18(24)27-22)25-15-10-6-5-9-14(15)19(20)13-7-3-2-4-8-13/h2-11H,12H2,1H3,(H4,23,24,26,27). The number of hydrogen-bond acceptors (Lipinski definition) is 8. The summed E-state index contributed by atoms with van der Waals surface area (Å²) >= 11 is 1.30. The fourth-order valence-corrected chi connectivity index (χ4v) is 4.07. The monoisotopic (exact) mass is 417 g/mol. The molecule has 4 rings (SSSR count). The summed E-state index contributed by atoms with van der Waals surface area (Å²) in [5.74, 6) is 0.470. The molecule has 0 unspecified atom stereocenters. The Morgan fingerprint density at radius 1 is 0.967 bits per heavy atom. The first-order chi connectivity index (χ1) is 14.6.